The minimum atomic E-state index is -0.593. The maximum Gasteiger partial charge on any atom is 0.333 e. The third kappa shape index (κ3) is 3.27. The number of carbonyl (C=O) groups is 1. The van der Waals surface area contributed by atoms with Crippen molar-refractivity contribution in [3.63, 3.8) is 0 Å². The quantitative estimate of drug-likeness (QED) is 0.563. The predicted octanol–water partition coefficient (Wildman–Crippen LogP) is 2.51. The van der Waals surface area contributed by atoms with Gasteiger partial charge < -0.3 is 14.9 Å². The molecule has 0 bridgehead atoms. The smallest absolute Gasteiger partial charge is 0.333 e. The number of aryl methyl sites for hydroxylation is 1. The highest BCUT2D eigenvalue weighted by Crippen LogP contribution is 2.17. The largest absolute Gasteiger partial charge is 0.345 e. The van der Waals surface area contributed by atoms with Crippen molar-refractivity contribution in [1.29, 1.82) is 0 Å². The maximum atomic E-state index is 13.0. The summed E-state index contributed by atoms with van der Waals surface area (Å²) in [6.07, 6.45) is 1.56. The van der Waals surface area contributed by atoms with Crippen molar-refractivity contribution in [2.24, 2.45) is 7.05 Å². The summed E-state index contributed by atoms with van der Waals surface area (Å²) in [7, 11) is 1.68. The van der Waals surface area contributed by atoms with Crippen LogP contribution in [0, 0.1) is 0 Å². The van der Waals surface area contributed by atoms with Gasteiger partial charge in [0.05, 0.1) is 22.8 Å². The lowest BCUT2D eigenvalue weighted by Gasteiger charge is -2.13. The fourth-order valence-electron chi connectivity index (χ4n) is 3.46. The van der Waals surface area contributed by atoms with Gasteiger partial charge in [-0.1, -0.05) is 48.5 Å². The molecule has 4 rings (SSSR count). The van der Waals surface area contributed by atoms with E-state index in [0.717, 1.165) is 10.1 Å². The fourth-order valence-corrected chi connectivity index (χ4v) is 3.46. The van der Waals surface area contributed by atoms with Gasteiger partial charge in [-0.3, -0.25) is 9.59 Å². The van der Waals surface area contributed by atoms with Gasteiger partial charge in [0.1, 0.15) is 5.52 Å². The van der Waals surface area contributed by atoms with E-state index in [1.165, 1.54) is 0 Å². The Labute approximate surface area is 166 Å². The van der Waals surface area contributed by atoms with Crippen LogP contribution in [0.25, 0.3) is 16.7 Å². The summed E-state index contributed by atoms with van der Waals surface area (Å²) in [6, 6.07) is 18.0. The van der Waals surface area contributed by atoms with E-state index in [-0.39, 0.29) is 28.5 Å². The molecule has 0 aliphatic rings. The number of hydrogen-bond donors (Lipinski definition) is 2. The van der Waals surface area contributed by atoms with Gasteiger partial charge in [0.15, 0.2) is 0 Å². The van der Waals surface area contributed by atoms with Crippen molar-refractivity contribution in [3.8, 4) is 5.69 Å². The number of H-pyrrole nitrogens is 1. The van der Waals surface area contributed by atoms with Crippen LogP contribution in [0.4, 0.5) is 0 Å². The molecule has 7 nitrogen and oxygen atoms in total. The minimum absolute atomic E-state index is 0.227. The van der Waals surface area contributed by atoms with Gasteiger partial charge in [0.25, 0.3) is 11.5 Å². The van der Waals surface area contributed by atoms with Crippen molar-refractivity contribution in [2.45, 2.75) is 13.0 Å². The van der Waals surface area contributed by atoms with Crippen LogP contribution in [0.15, 0.2) is 76.4 Å². The van der Waals surface area contributed by atoms with E-state index in [4.69, 9.17) is 0 Å². The molecule has 1 amide bonds. The lowest BCUT2D eigenvalue weighted by molar-refractivity contribution is 0.0941. The lowest BCUT2D eigenvalue weighted by atomic mass is 10.1. The number of amides is 1. The second-order valence-electron chi connectivity index (χ2n) is 6.89. The zero-order valence-corrected chi connectivity index (χ0v) is 16.0. The molecule has 0 fully saturated rings. The summed E-state index contributed by atoms with van der Waals surface area (Å²) in [5, 5.41) is 2.92. The standard InChI is InChI=1S/C22H20N4O3/c1-14(15-9-5-3-6-10-15)23-20(27)17-13-25(2)19-18(17)24-22(29)26(21(19)28)16-11-7-4-8-12-16/h3-14H,1-2H3,(H,23,27)(H,24,29)/t14-/m1/s1. The molecule has 0 unspecified atom stereocenters. The van der Waals surface area contributed by atoms with E-state index in [0.29, 0.717) is 5.69 Å². The molecule has 2 heterocycles. The van der Waals surface area contributed by atoms with Crippen LogP contribution in [-0.2, 0) is 7.05 Å². The Bertz CT molecular complexity index is 1300. The molecule has 2 N–H and O–H groups in total. The van der Waals surface area contributed by atoms with E-state index >= 15 is 0 Å². The van der Waals surface area contributed by atoms with E-state index in [1.807, 2.05) is 37.3 Å². The SMILES string of the molecule is C[C@@H](NC(=O)c1cn(C)c2c(=O)n(-c3ccccc3)c(=O)[nH]c12)c1ccccc1. The average molecular weight is 388 g/mol. The number of aromatic amines is 1. The molecule has 2 aromatic carbocycles. The topological polar surface area (TPSA) is 88.9 Å². The van der Waals surface area contributed by atoms with Gasteiger partial charge in [-0.05, 0) is 24.6 Å². The van der Waals surface area contributed by atoms with Crippen molar-refractivity contribution in [3.05, 3.63) is 98.8 Å². The van der Waals surface area contributed by atoms with E-state index < -0.39 is 11.2 Å². The highest BCUT2D eigenvalue weighted by atomic mass is 16.2. The zero-order valence-electron chi connectivity index (χ0n) is 16.0. The van der Waals surface area contributed by atoms with Gasteiger partial charge in [0, 0.05) is 13.2 Å². The van der Waals surface area contributed by atoms with Gasteiger partial charge >= 0.3 is 5.69 Å². The van der Waals surface area contributed by atoms with E-state index in [1.54, 1.807) is 48.1 Å². The normalized spacial score (nSPS) is 12.1. The number of benzene rings is 2. The number of carbonyl (C=O) groups excluding carboxylic acids is 1. The number of nitrogens with one attached hydrogen (secondary N) is 2. The van der Waals surface area contributed by atoms with E-state index in [2.05, 4.69) is 10.3 Å². The number of rotatable bonds is 4. The van der Waals surface area contributed by atoms with Crippen molar-refractivity contribution < 1.29 is 4.79 Å². The Morgan fingerprint density at radius 1 is 1.00 bits per heavy atom. The number of para-hydroxylation sites is 1. The molecule has 4 aromatic rings. The fraction of sp³-hybridized carbons (Fsp3) is 0.136. The van der Waals surface area contributed by atoms with E-state index in [9.17, 15) is 14.4 Å². The monoisotopic (exact) mass is 388 g/mol. The summed E-state index contributed by atoms with van der Waals surface area (Å²) >= 11 is 0. The predicted molar refractivity (Wildman–Crippen MR) is 111 cm³/mol. The lowest BCUT2D eigenvalue weighted by Crippen LogP contribution is -2.34. The molecule has 0 spiro atoms. The third-order valence-corrected chi connectivity index (χ3v) is 4.93. The van der Waals surface area contributed by atoms with Gasteiger partial charge in [-0.2, -0.15) is 0 Å². The summed E-state index contributed by atoms with van der Waals surface area (Å²) in [6.45, 7) is 1.88. The van der Waals surface area contributed by atoms with Gasteiger partial charge in [-0.25, -0.2) is 9.36 Å². The first-order valence-electron chi connectivity index (χ1n) is 9.23. The number of nitrogens with zero attached hydrogens (tertiary/aromatic N) is 2. The molecule has 0 aliphatic carbocycles. The van der Waals surface area contributed by atoms with Crippen LogP contribution < -0.4 is 16.6 Å². The van der Waals surface area contributed by atoms with Crippen LogP contribution in [0.1, 0.15) is 28.9 Å². The number of aromatic nitrogens is 3. The molecule has 1 atom stereocenters. The molecular formula is C22H20N4O3. The molecule has 7 heteroatoms. The number of hydrogen-bond acceptors (Lipinski definition) is 3. The van der Waals surface area contributed by atoms with Crippen LogP contribution in [-0.4, -0.2) is 20.0 Å². The van der Waals surface area contributed by atoms with Gasteiger partial charge in [-0.15, -0.1) is 0 Å². The number of fused-ring (bicyclic) bond motifs is 1. The molecule has 0 radical (unpaired) electrons. The van der Waals surface area contributed by atoms with Crippen LogP contribution in [0.2, 0.25) is 0 Å². The Morgan fingerprint density at radius 3 is 2.28 bits per heavy atom. The Morgan fingerprint density at radius 2 is 1.62 bits per heavy atom. The minimum Gasteiger partial charge on any atom is -0.345 e. The first-order chi connectivity index (χ1) is 14.0. The Hall–Kier alpha value is -3.87. The molecule has 0 saturated heterocycles. The van der Waals surface area contributed by atoms with Crippen LogP contribution in [0.3, 0.4) is 0 Å². The first kappa shape index (κ1) is 18.5. The van der Waals surface area contributed by atoms with Crippen molar-refractivity contribution >= 4 is 16.9 Å². The molecule has 2 aromatic heterocycles. The summed E-state index contributed by atoms with van der Waals surface area (Å²) in [5.41, 5.74) is 1.09. The summed E-state index contributed by atoms with van der Waals surface area (Å²) in [5.74, 6) is -0.362. The van der Waals surface area contributed by atoms with Crippen LogP contribution >= 0.6 is 0 Å². The molecular weight excluding hydrogens is 368 g/mol. The Balaban J connectivity index is 1.79. The average Bonchev–Trinajstić information content (AvgIpc) is 3.06. The Kier molecular flexibility index (Phi) is 4.64. The molecule has 0 aliphatic heterocycles. The maximum absolute atomic E-state index is 13.0. The highest BCUT2D eigenvalue weighted by Gasteiger charge is 2.21. The van der Waals surface area contributed by atoms with Crippen LogP contribution in [0.5, 0.6) is 0 Å². The second-order valence-corrected chi connectivity index (χ2v) is 6.89. The molecule has 29 heavy (non-hydrogen) atoms. The molecule has 0 saturated carbocycles. The summed E-state index contributed by atoms with van der Waals surface area (Å²) in [4.78, 5) is 41.3. The third-order valence-electron chi connectivity index (χ3n) is 4.93. The van der Waals surface area contributed by atoms with Crippen molar-refractivity contribution in [2.75, 3.05) is 0 Å². The zero-order chi connectivity index (χ0) is 20.5. The van der Waals surface area contributed by atoms with Gasteiger partial charge in [0.2, 0.25) is 0 Å². The van der Waals surface area contributed by atoms with Crippen molar-refractivity contribution in [1.82, 2.24) is 19.4 Å². The highest BCUT2D eigenvalue weighted by molar-refractivity contribution is 6.05. The first-order valence-corrected chi connectivity index (χ1v) is 9.23. The molecule has 146 valence electrons. The summed E-state index contributed by atoms with van der Waals surface area (Å²) < 4.78 is 2.63. The second kappa shape index (κ2) is 7.27.